The number of imidazole rings is 1. The lowest BCUT2D eigenvalue weighted by atomic mass is 10.2. The molecule has 0 radical (unpaired) electrons. The Kier molecular flexibility index (Phi) is 2.45. The average molecular weight is 205 g/mol. The van der Waals surface area contributed by atoms with Gasteiger partial charge in [0.05, 0.1) is 6.20 Å². The maximum Gasteiger partial charge on any atom is 0.180 e. The largest absolute Gasteiger partial charge is 0.382 e. The first-order valence-electron chi connectivity index (χ1n) is 5.00. The third kappa shape index (κ3) is 2.01. The van der Waals surface area contributed by atoms with Crippen LogP contribution in [0.1, 0.15) is 13.8 Å². The fourth-order valence-electron chi connectivity index (χ4n) is 1.37. The van der Waals surface area contributed by atoms with Crippen molar-refractivity contribution in [2.45, 2.75) is 13.8 Å². The molecule has 2 aromatic rings. The smallest absolute Gasteiger partial charge is 0.180 e. The van der Waals surface area contributed by atoms with E-state index in [1.54, 1.807) is 12.4 Å². The lowest BCUT2D eigenvalue weighted by Gasteiger charge is -2.09. The van der Waals surface area contributed by atoms with E-state index in [1.807, 2.05) is 10.6 Å². The van der Waals surface area contributed by atoms with Crippen molar-refractivity contribution >= 4 is 17.3 Å². The molecule has 5 nitrogen and oxygen atoms in total. The van der Waals surface area contributed by atoms with Crippen molar-refractivity contribution in [2.24, 2.45) is 5.92 Å². The van der Waals surface area contributed by atoms with Gasteiger partial charge in [-0.3, -0.25) is 0 Å². The minimum absolute atomic E-state index is 0.492. The summed E-state index contributed by atoms with van der Waals surface area (Å²) in [6.07, 6.45) is 5.34. The lowest BCUT2D eigenvalue weighted by molar-refractivity contribution is 0.687. The number of hydrogen-bond acceptors (Lipinski definition) is 4. The molecule has 0 saturated carbocycles. The molecule has 2 heterocycles. The van der Waals surface area contributed by atoms with Crippen LogP contribution in [0.4, 0.5) is 11.6 Å². The summed E-state index contributed by atoms with van der Waals surface area (Å²) in [5, 5.41) is 3.24. The summed E-state index contributed by atoms with van der Waals surface area (Å²) in [6.45, 7) is 5.14. The Morgan fingerprint density at radius 3 is 3.07 bits per heavy atom. The summed E-state index contributed by atoms with van der Waals surface area (Å²) in [5.74, 6) is 1.80. The first kappa shape index (κ1) is 9.76. The number of rotatable bonds is 3. The molecule has 0 spiro atoms. The minimum Gasteiger partial charge on any atom is -0.382 e. The monoisotopic (exact) mass is 205 g/mol. The molecule has 0 aliphatic carbocycles. The van der Waals surface area contributed by atoms with Gasteiger partial charge >= 0.3 is 0 Å². The summed E-state index contributed by atoms with van der Waals surface area (Å²) in [5.41, 5.74) is 6.50. The second kappa shape index (κ2) is 3.76. The molecule has 5 heteroatoms. The van der Waals surface area contributed by atoms with Crippen molar-refractivity contribution in [1.82, 2.24) is 14.4 Å². The van der Waals surface area contributed by atoms with Crippen molar-refractivity contribution in [3.8, 4) is 0 Å². The van der Waals surface area contributed by atoms with E-state index in [0.717, 1.165) is 18.0 Å². The van der Waals surface area contributed by atoms with Crippen LogP contribution in [-0.2, 0) is 0 Å². The molecule has 0 bridgehead atoms. The Morgan fingerprint density at radius 2 is 2.33 bits per heavy atom. The van der Waals surface area contributed by atoms with Gasteiger partial charge in [0.25, 0.3) is 0 Å². The zero-order valence-corrected chi connectivity index (χ0v) is 8.94. The van der Waals surface area contributed by atoms with Gasteiger partial charge in [-0.15, -0.1) is 0 Å². The van der Waals surface area contributed by atoms with Crippen molar-refractivity contribution in [2.75, 3.05) is 17.6 Å². The number of nitrogens with one attached hydrogen (secondary N) is 1. The number of nitrogens with two attached hydrogens (primary N) is 1. The van der Waals surface area contributed by atoms with Crippen LogP contribution in [0.3, 0.4) is 0 Å². The molecule has 0 atom stereocenters. The highest BCUT2D eigenvalue weighted by atomic mass is 15.1. The van der Waals surface area contributed by atoms with Gasteiger partial charge in [0.1, 0.15) is 5.82 Å². The number of anilines is 2. The van der Waals surface area contributed by atoms with Crippen LogP contribution in [-0.4, -0.2) is 20.9 Å². The van der Waals surface area contributed by atoms with Crippen molar-refractivity contribution in [3.05, 3.63) is 18.6 Å². The first-order chi connectivity index (χ1) is 7.16. The molecule has 0 fully saturated rings. The molecular formula is C10H15N5. The molecule has 2 aromatic heterocycles. The Bertz CT molecular complexity index is 460. The van der Waals surface area contributed by atoms with Crippen LogP contribution in [0, 0.1) is 5.92 Å². The van der Waals surface area contributed by atoms with E-state index >= 15 is 0 Å². The highest BCUT2D eigenvalue weighted by molar-refractivity contribution is 5.64. The predicted octanol–water partition coefficient (Wildman–Crippen LogP) is 1.38. The number of nitrogen functional groups attached to an aromatic ring is 1. The maximum atomic E-state index is 5.69. The van der Waals surface area contributed by atoms with Gasteiger partial charge in [0, 0.05) is 18.9 Å². The summed E-state index contributed by atoms with van der Waals surface area (Å²) in [7, 11) is 0. The van der Waals surface area contributed by atoms with Crippen molar-refractivity contribution < 1.29 is 0 Å². The fraction of sp³-hybridized carbons (Fsp3) is 0.400. The molecule has 0 aromatic carbocycles. The van der Waals surface area contributed by atoms with Crippen LogP contribution < -0.4 is 11.1 Å². The van der Waals surface area contributed by atoms with Gasteiger partial charge in [-0.05, 0) is 5.92 Å². The van der Waals surface area contributed by atoms with Crippen LogP contribution in [0.5, 0.6) is 0 Å². The quantitative estimate of drug-likeness (QED) is 0.794. The maximum absolute atomic E-state index is 5.69. The zero-order valence-electron chi connectivity index (χ0n) is 8.94. The van der Waals surface area contributed by atoms with E-state index in [0.29, 0.717) is 11.7 Å². The minimum atomic E-state index is 0.492. The highest BCUT2D eigenvalue weighted by Crippen LogP contribution is 2.14. The van der Waals surface area contributed by atoms with Gasteiger partial charge in [-0.1, -0.05) is 13.8 Å². The number of nitrogens with zero attached hydrogens (tertiary/aromatic N) is 3. The van der Waals surface area contributed by atoms with E-state index in [9.17, 15) is 0 Å². The van der Waals surface area contributed by atoms with E-state index in [2.05, 4.69) is 29.1 Å². The highest BCUT2D eigenvalue weighted by Gasteiger charge is 2.05. The van der Waals surface area contributed by atoms with Gasteiger partial charge < -0.3 is 15.5 Å². The van der Waals surface area contributed by atoms with E-state index in [-0.39, 0.29) is 0 Å². The molecule has 0 unspecified atom stereocenters. The third-order valence-electron chi connectivity index (χ3n) is 2.07. The van der Waals surface area contributed by atoms with Gasteiger partial charge in [0.2, 0.25) is 0 Å². The summed E-state index contributed by atoms with van der Waals surface area (Å²) < 4.78 is 1.87. The standard InChI is InChI=1S/C10H15N5/c1-7(2)5-13-9-10-12-3-4-15(10)6-8(11)14-9/h3-4,6-7H,5,11H2,1-2H3,(H,13,14). The zero-order chi connectivity index (χ0) is 10.8. The molecule has 3 N–H and O–H groups in total. The second-order valence-electron chi connectivity index (χ2n) is 3.95. The van der Waals surface area contributed by atoms with Gasteiger partial charge in [-0.2, -0.15) is 0 Å². The van der Waals surface area contributed by atoms with Crippen LogP contribution >= 0.6 is 0 Å². The van der Waals surface area contributed by atoms with Crippen LogP contribution in [0.25, 0.3) is 5.65 Å². The molecule has 0 aliphatic rings. The average Bonchev–Trinajstić information content (AvgIpc) is 2.61. The Balaban J connectivity index is 2.35. The lowest BCUT2D eigenvalue weighted by Crippen LogP contribution is -2.11. The summed E-state index contributed by atoms with van der Waals surface area (Å²) >= 11 is 0. The Labute approximate surface area is 88.3 Å². The third-order valence-corrected chi connectivity index (χ3v) is 2.07. The molecule has 0 saturated heterocycles. The van der Waals surface area contributed by atoms with Crippen LogP contribution in [0.2, 0.25) is 0 Å². The Hall–Kier alpha value is -1.78. The molecule has 80 valence electrons. The Morgan fingerprint density at radius 1 is 1.53 bits per heavy atom. The van der Waals surface area contributed by atoms with Gasteiger partial charge in [0.15, 0.2) is 11.5 Å². The number of fused-ring (bicyclic) bond motifs is 1. The topological polar surface area (TPSA) is 68.2 Å². The second-order valence-corrected chi connectivity index (χ2v) is 3.95. The van der Waals surface area contributed by atoms with E-state index < -0.39 is 0 Å². The fourth-order valence-corrected chi connectivity index (χ4v) is 1.37. The molecule has 0 aliphatic heterocycles. The molecule has 2 rings (SSSR count). The predicted molar refractivity (Wildman–Crippen MR) is 60.7 cm³/mol. The van der Waals surface area contributed by atoms with E-state index in [1.165, 1.54) is 0 Å². The van der Waals surface area contributed by atoms with Crippen LogP contribution in [0.15, 0.2) is 18.6 Å². The molecule has 0 amide bonds. The summed E-state index contributed by atoms with van der Waals surface area (Å²) in [6, 6.07) is 0. The number of hydrogen-bond donors (Lipinski definition) is 2. The molecule has 15 heavy (non-hydrogen) atoms. The van der Waals surface area contributed by atoms with Gasteiger partial charge in [-0.25, -0.2) is 9.97 Å². The van der Waals surface area contributed by atoms with Crippen molar-refractivity contribution in [3.63, 3.8) is 0 Å². The van der Waals surface area contributed by atoms with Crippen molar-refractivity contribution in [1.29, 1.82) is 0 Å². The first-order valence-corrected chi connectivity index (χ1v) is 5.00. The summed E-state index contributed by atoms with van der Waals surface area (Å²) in [4.78, 5) is 8.45. The number of aromatic nitrogens is 3. The molecular weight excluding hydrogens is 190 g/mol. The normalized spacial score (nSPS) is 11.1. The SMILES string of the molecule is CC(C)CNc1nc(N)cn2ccnc12. The van der Waals surface area contributed by atoms with E-state index in [4.69, 9.17) is 5.73 Å².